The molecule has 2 heterocycles. The van der Waals surface area contributed by atoms with Crippen LogP contribution >= 0.6 is 22.9 Å². The first-order valence-electron chi connectivity index (χ1n) is 6.42. The largest absolute Gasteiger partial charge is 0.480 e. The van der Waals surface area contributed by atoms with E-state index < -0.39 is 5.97 Å². The Bertz CT molecular complexity index is 817. The summed E-state index contributed by atoms with van der Waals surface area (Å²) in [4.78, 5) is 11.6. The van der Waals surface area contributed by atoms with Crippen molar-refractivity contribution in [1.29, 1.82) is 0 Å². The van der Waals surface area contributed by atoms with Crippen LogP contribution in [-0.2, 0) is 17.9 Å². The topological polar surface area (TPSA) is 119 Å². The smallest absolute Gasteiger partial charge is 0.327 e. The molecule has 0 fully saturated rings. The van der Waals surface area contributed by atoms with Crippen LogP contribution in [0.5, 0.6) is 0 Å². The Balaban J connectivity index is 1.64. The van der Waals surface area contributed by atoms with Crippen molar-refractivity contribution in [2.75, 3.05) is 5.32 Å². The Morgan fingerprint density at radius 3 is 2.78 bits per heavy atom. The summed E-state index contributed by atoms with van der Waals surface area (Å²) < 4.78 is 0. The van der Waals surface area contributed by atoms with Crippen molar-refractivity contribution < 1.29 is 9.90 Å². The Morgan fingerprint density at radius 1 is 1.26 bits per heavy atom. The van der Waals surface area contributed by atoms with Crippen LogP contribution in [0.2, 0.25) is 5.02 Å². The molecule has 0 saturated carbocycles. The number of halogens is 1. The fourth-order valence-electron chi connectivity index (χ4n) is 1.68. The van der Waals surface area contributed by atoms with Crippen LogP contribution < -0.4 is 5.32 Å². The molecule has 118 valence electrons. The third kappa shape index (κ3) is 3.99. The van der Waals surface area contributed by atoms with E-state index in [4.69, 9.17) is 16.7 Å². The number of carbonyl (C=O) groups is 1. The van der Waals surface area contributed by atoms with Crippen LogP contribution in [0.1, 0.15) is 5.56 Å². The van der Waals surface area contributed by atoms with Gasteiger partial charge in [-0.2, -0.15) is 4.80 Å². The molecule has 2 aromatic heterocycles. The lowest BCUT2D eigenvalue weighted by Crippen LogP contribution is -2.11. The summed E-state index contributed by atoms with van der Waals surface area (Å²) in [5, 5.41) is 32.9. The van der Waals surface area contributed by atoms with Gasteiger partial charge in [0.25, 0.3) is 0 Å². The Kier molecular flexibility index (Phi) is 4.44. The van der Waals surface area contributed by atoms with Gasteiger partial charge in [0.15, 0.2) is 11.6 Å². The van der Waals surface area contributed by atoms with E-state index in [1.54, 1.807) is 0 Å². The maximum atomic E-state index is 10.6. The van der Waals surface area contributed by atoms with E-state index in [2.05, 4.69) is 30.9 Å². The molecular weight excluding hydrogens is 342 g/mol. The molecular formula is C12H10ClN7O2S. The summed E-state index contributed by atoms with van der Waals surface area (Å²) in [6.45, 7) is 0.221. The molecule has 3 aromatic rings. The molecule has 0 aliphatic rings. The molecule has 0 bridgehead atoms. The molecule has 1 aromatic carbocycles. The fraction of sp³-hybridized carbons (Fsp3) is 0.167. The van der Waals surface area contributed by atoms with Crippen molar-refractivity contribution in [3.63, 3.8) is 0 Å². The summed E-state index contributed by atoms with van der Waals surface area (Å²) in [6, 6.07) is 7.45. The van der Waals surface area contributed by atoms with Gasteiger partial charge in [0.05, 0.1) is 0 Å². The number of hydrogen-bond donors (Lipinski definition) is 2. The van der Waals surface area contributed by atoms with E-state index in [0.717, 1.165) is 10.4 Å². The van der Waals surface area contributed by atoms with Crippen molar-refractivity contribution in [3.8, 4) is 10.8 Å². The van der Waals surface area contributed by atoms with E-state index in [1.165, 1.54) is 11.3 Å². The first kappa shape index (κ1) is 15.3. The Hall–Kier alpha value is -2.59. The van der Waals surface area contributed by atoms with Crippen molar-refractivity contribution >= 4 is 34.0 Å². The van der Waals surface area contributed by atoms with Gasteiger partial charge in [-0.15, -0.1) is 20.4 Å². The number of anilines is 1. The number of carboxylic acid groups (broad SMARTS) is 1. The molecule has 0 radical (unpaired) electrons. The molecule has 0 saturated heterocycles. The standard InChI is InChI=1S/C12H10ClN7O2S/c13-8-3-1-7(2-4-8)5-14-12-17-16-11(23-12)10-15-19-20(18-10)6-9(21)22/h1-4H,5-6H2,(H,14,17)(H,21,22). The van der Waals surface area contributed by atoms with Crippen LogP contribution in [0.3, 0.4) is 0 Å². The highest BCUT2D eigenvalue weighted by molar-refractivity contribution is 7.18. The highest BCUT2D eigenvalue weighted by Gasteiger charge is 2.13. The summed E-state index contributed by atoms with van der Waals surface area (Å²) in [6.07, 6.45) is 0. The summed E-state index contributed by atoms with van der Waals surface area (Å²) in [5.74, 6) is -0.806. The van der Waals surface area contributed by atoms with E-state index in [0.29, 0.717) is 21.7 Å². The number of nitrogens with zero attached hydrogens (tertiary/aromatic N) is 6. The summed E-state index contributed by atoms with van der Waals surface area (Å²) in [7, 11) is 0. The van der Waals surface area contributed by atoms with Gasteiger partial charge < -0.3 is 10.4 Å². The first-order chi connectivity index (χ1) is 11.1. The van der Waals surface area contributed by atoms with Crippen LogP contribution in [0, 0.1) is 0 Å². The number of carboxylic acids is 1. The molecule has 0 unspecified atom stereocenters. The lowest BCUT2D eigenvalue weighted by Gasteiger charge is -2.01. The monoisotopic (exact) mass is 351 g/mol. The maximum absolute atomic E-state index is 10.6. The number of rotatable bonds is 6. The zero-order valence-electron chi connectivity index (χ0n) is 11.5. The van der Waals surface area contributed by atoms with Gasteiger partial charge >= 0.3 is 5.97 Å². The van der Waals surface area contributed by atoms with E-state index in [9.17, 15) is 4.79 Å². The number of nitrogens with one attached hydrogen (secondary N) is 1. The van der Waals surface area contributed by atoms with Crippen LogP contribution in [0.25, 0.3) is 10.8 Å². The molecule has 2 N–H and O–H groups in total. The first-order valence-corrected chi connectivity index (χ1v) is 7.61. The third-order valence-corrected chi connectivity index (χ3v) is 3.83. The zero-order chi connectivity index (χ0) is 16.2. The number of aliphatic carboxylic acids is 1. The molecule has 9 nitrogen and oxygen atoms in total. The van der Waals surface area contributed by atoms with Crippen LogP contribution in [0.15, 0.2) is 24.3 Å². The highest BCUT2D eigenvalue weighted by Crippen LogP contribution is 2.23. The van der Waals surface area contributed by atoms with Gasteiger partial charge in [0.1, 0.15) is 0 Å². The minimum absolute atomic E-state index is 0.239. The van der Waals surface area contributed by atoms with E-state index in [-0.39, 0.29) is 12.4 Å². The second-order valence-corrected chi connectivity index (χ2v) is 5.84. The fourth-order valence-corrected chi connectivity index (χ4v) is 2.47. The quantitative estimate of drug-likeness (QED) is 0.686. The molecule has 0 amide bonds. The minimum Gasteiger partial charge on any atom is -0.480 e. The number of benzene rings is 1. The van der Waals surface area contributed by atoms with Gasteiger partial charge in [0.2, 0.25) is 11.0 Å². The SMILES string of the molecule is O=C(O)Cn1nnc(-c2nnc(NCc3ccc(Cl)cc3)s2)n1. The average Bonchev–Trinajstić information content (AvgIpc) is 3.15. The average molecular weight is 352 g/mol. The van der Waals surface area contributed by atoms with Gasteiger partial charge in [-0.25, -0.2) is 0 Å². The molecule has 0 aliphatic heterocycles. The predicted molar refractivity (Wildman–Crippen MR) is 83.1 cm³/mol. The minimum atomic E-state index is -1.04. The molecule has 0 aliphatic carbocycles. The van der Waals surface area contributed by atoms with Gasteiger partial charge in [-0.1, -0.05) is 35.1 Å². The van der Waals surface area contributed by atoms with Gasteiger partial charge in [0, 0.05) is 11.6 Å². The van der Waals surface area contributed by atoms with Crippen molar-refractivity contribution in [2.45, 2.75) is 13.1 Å². The highest BCUT2D eigenvalue weighted by atomic mass is 35.5. The lowest BCUT2D eigenvalue weighted by atomic mass is 10.2. The Labute approximate surface area is 138 Å². The van der Waals surface area contributed by atoms with Crippen molar-refractivity contribution in [1.82, 2.24) is 30.4 Å². The molecule has 11 heteroatoms. The van der Waals surface area contributed by atoms with Gasteiger partial charge in [-0.05, 0) is 22.9 Å². The molecule has 3 rings (SSSR count). The molecule has 0 atom stereocenters. The van der Waals surface area contributed by atoms with Crippen molar-refractivity contribution in [2.24, 2.45) is 0 Å². The number of aromatic nitrogens is 6. The summed E-state index contributed by atoms with van der Waals surface area (Å²) >= 11 is 7.09. The second-order valence-electron chi connectivity index (χ2n) is 4.43. The predicted octanol–water partition coefficient (Wildman–Crippen LogP) is 1.54. The summed E-state index contributed by atoms with van der Waals surface area (Å²) in [5.41, 5.74) is 1.05. The molecule has 0 spiro atoms. The number of hydrogen-bond acceptors (Lipinski definition) is 8. The Morgan fingerprint density at radius 2 is 2.04 bits per heavy atom. The van der Waals surface area contributed by atoms with E-state index in [1.807, 2.05) is 24.3 Å². The van der Waals surface area contributed by atoms with Gasteiger partial charge in [-0.3, -0.25) is 4.79 Å². The third-order valence-electron chi connectivity index (χ3n) is 2.70. The maximum Gasteiger partial charge on any atom is 0.327 e. The van der Waals surface area contributed by atoms with E-state index >= 15 is 0 Å². The van der Waals surface area contributed by atoms with Crippen molar-refractivity contribution in [3.05, 3.63) is 34.9 Å². The number of tetrazole rings is 1. The normalized spacial score (nSPS) is 10.7. The second kappa shape index (κ2) is 6.67. The van der Waals surface area contributed by atoms with Crippen LogP contribution in [0.4, 0.5) is 5.13 Å². The lowest BCUT2D eigenvalue weighted by molar-refractivity contribution is -0.138. The zero-order valence-corrected chi connectivity index (χ0v) is 13.1. The molecule has 23 heavy (non-hydrogen) atoms. The van der Waals surface area contributed by atoms with Crippen LogP contribution in [-0.4, -0.2) is 41.5 Å².